The van der Waals surface area contributed by atoms with Crippen molar-refractivity contribution in [2.24, 2.45) is 5.41 Å². The monoisotopic (exact) mass is 302 g/mol. The molecule has 0 spiro atoms. The van der Waals surface area contributed by atoms with E-state index in [4.69, 9.17) is 13.8 Å². The van der Waals surface area contributed by atoms with Gasteiger partial charge in [0, 0.05) is 5.41 Å². The quantitative estimate of drug-likeness (QED) is 0.584. The number of carbonyl (C=O) groups excluding carboxylic acids is 2. The predicted octanol–water partition coefficient (Wildman–Crippen LogP) is 2.08. The summed E-state index contributed by atoms with van der Waals surface area (Å²) < 4.78 is 28.7. The van der Waals surface area contributed by atoms with Crippen LogP contribution in [-0.4, -0.2) is 36.2 Å². The molecule has 0 aromatic carbocycles. The first-order chi connectivity index (χ1) is 9.25. The van der Waals surface area contributed by atoms with Crippen LogP contribution in [0.3, 0.4) is 0 Å². The van der Waals surface area contributed by atoms with Gasteiger partial charge in [-0.05, 0) is 26.8 Å². The number of rotatable bonds is 4. The van der Waals surface area contributed by atoms with Crippen molar-refractivity contribution >= 4 is 19.3 Å². The number of esters is 1. The highest BCUT2D eigenvalue weighted by Gasteiger charge is 2.73. The second-order valence-electron chi connectivity index (χ2n) is 5.22. The molecule has 2 rings (SSSR count). The molecule has 0 aromatic rings. The van der Waals surface area contributed by atoms with Crippen LogP contribution in [0, 0.1) is 5.41 Å². The third-order valence-electron chi connectivity index (χ3n) is 4.09. The number of hydrogen-bond acceptors (Lipinski definition) is 6. The van der Waals surface area contributed by atoms with E-state index in [0.29, 0.717) is 0 Å². The molecule has 1 heterocycles. The second-order valence-corrected chi connectivity index (χ2v) is 7.25. The Labute approximate surface area is 118 Å². The van der Waals surface area contributed by atoms with Crippen LogP contribution in [0.5, 0.6) is 0 Å². The predicted molar refractivity (Wildman–Crippen MR) is 71.4 cm³/mol. The summed E-state index contributed by atoms with van der Waals surface area (Å²) in [5, 5.41) is 0. The zero-order chi connectivity index (χ0) is 15.2. The Bertz CT molecular complexity index is 527. The van der Waals surface area contributed by atoms with Crippen LogP contribution in [0.4, 0.5) is 0 Å². The molecule has 20 heavy (non-hydrogen) atoms. The molecule has 0 saturated carbocycles. The Balaban J connectivity index is 2.53. The van der Waals surface area contributed by atoms with E-state index < -0.39 is 30.2 Å². The average Bonchev–Trinajstić information content (AvgIpc) is 2.65. The minimum Gasteiger partial charge on any atom is -0.465 e. The van der Waals surface area contributed by atoms with Crippen molar-refractivity contribution in [3.05, 3.63) is 12.2 Å². The van der Waals surface area contributed by atoms with Gasteiger partial charge in [-0.25, -0.2) is 0 Å². The fraction of sp³-hybridized carbons (Fsp3) is 0.692. The molecule has 0 amide bonds. The minimum absolute atomic E-state index is 0.122. The van der Waals surface area contributed by atoms with E-state index >= 15 is 0 Å². The van der Waals surface area contributed by atoms with Crippen molar-refractivity contribution in [2.75, 3.05) is 13.2 Å². The van der Waals surface area contributed by atoms with Gasteiger partial charge >= 0.3 is 13.6 Å². The summed E-state index contributed by atoms with van der Waals surface area (Å²) in [6, 6.07) is 0. The summed E-state index contributed by atoms with van der Waals surface area (Å²) in [4.78, 5) is 24.3. The van der Waals surface area contributed by atoms with Gasteiger partial charge in [-0.15, -0.1) is 0 Å². The van der Waals surface area contributed by atoms with Crippen LogP contribution in [0.15, 0.2) is 12.2 Å². The first-order valence-corrected chi connectivity index (χ1v) is 8.21. The van der Waals surface area contributed by atoms with Crippen LogP contribution >= 0.6 is 7.60 Å². The highest BCUT2D eigenvalue weighted by molar-refractivity contribution is 7.56. The Morgan fingerprint density at radius 2 is 2.05 bits per heavy atom. The molecule has 1 aliphatic carbocycles. The zero-order valence-corrected chi connectivity index (χ0v) is 12.9. The summed E-state index contributed by atoms with van der Waals surface area (Å²) in [6.07, 6.45) is 2.94. The van der Waals surface area contributed by atoms with Gasteiger partial charge in [0.2, 0.25) is 0 Å². The van der Waals surface area contributed by atoms with Crippen molar-refractivity contribution in [2.45, 2.75) is 39.0 Å². The maximum absolute atomic E-state index is 12.9. The van der Waals surface area contributed by atoms with Gasteiger partial charge in [0.25, 0.3) is 0 Å². The molecule has 2 aliphatic rings. The van der Waals surface area contributed by atoms with Gasteiger partial charge in [-0.2, -0.15) is 0 Å². The lowest BCUT2D eigenvalue weighted by molar-refractivity contribution is -0.145. The van der Waals surface area contributed by atoms with E-state index in [1.54, 1.807) is 33.8 Å². The van der Waals surface area contributed by atoms with Crippen LogP contribution in [0.1, 0.15) is 27.7 Å². The fourth-order valence-electron chi connectivity index (χ4n) is 2.84. The lowest BCUT2D eigenvalue weighted by Crippen LogP contribution is -2.48. The Kier molecular flexibility index (Phi) is 3.70. The van der Waals surface area contributed by atoms with E-state index in [1.165, 1.54) is 6.08 Å². The van der Waals surface area contributed by atoms with Crippen molar-refractivity contribution in [3.63, 3.8) is 0 Å². The number of carbonyl (C=O) groups is 2. The molecule has 0 bridgehead atoms. The van der Waals surface area contributed by atoms with Crippen molar-refractivity contribution in [1.82, 2.24) is 0 Å². The normalized spacial score (nSPS) is 42.8. The van der Waals surface area contributed by atoms with Crippen molar-refractivity contribution in [1.29, 1.82) is 0 Å². The maximum Gasteiger partial charge on any atom is 0.346 e. The molecular weight excluding hydrogens is 283 g/mol. The molecule has 1 aliphatic heterocycles. The lowest BCUT2D eigenvalue weighted by Gasteiger charge is -2.31. The molecule has 4 unspecified atom stereocenters. The van der Waals surface area contributed by atoms with Crippen LogP contribution < -0.4 is 0 Å². The minimum atomic E-state index is -3.76. The standard InChI is InChI=1S/C13H19O6P/c1-5-17-11(15)10-12(3)8-7-9(14)13(12,4)19-20(10,16)18-6-2/h7-8,10H,5-6H2,1-4H3. The maximum atomic E-state index is 12.9. The van der Waals surface area contributed by atoms with E-state index in [-0.39, 0.29) is 19.0 Å². The van der Waals surface area contributed by atoms with E-state index in [0.717, 1.165) is 0 Å². The van der Waals surface area contributed by atoms with Gasteiger partial charge < -0.3 is 9.26 Å². The lowest BCUT2D eigenvalue weighted by atomic mass is 9.74. The first-order valence-electron chi connectivity index (χ1n) is 6.60. The fourth-order valence-corrected chi connectivity index (χ4v) is 5.62. The van der Waals surface area contributed by atoms with E-state index in [1.807, 2.05) is 0 Å². The van der Waals surface area contributed by atoms with Gasteiger partial charge in [0.1, 0.15) is 5.60 Å². The second kappa shape index (κ2) is 4.79. The number of ketones is 1. The third-order valence-corrected chi connectivity index (χ3v) is 6.71. The molecule has 0 radical (unpaired) electrons. The third kappa shape index (κ3) is 1.82. The zero-order valence-electron chi connectivity index (χ0n) is 12.0. The summed E-state index contributed by atoms with van der Waals surface area (Å²) in [5.74, 6) is -0.971. The molecule has 112 valence electrons. The van der Waals surface area contributed by atoms with Gasteiger partial charge in [-0.1, -0.05) is 13.0 Å². The molecule has 0 N–H and O–H groups in total. The summed E-state index contributed by atoms with van der Waals surface area (Å²) in [7, 11) is -3.76. The summed E-state index contributed by atoms with van der Waals surface area (Å²) in [5.41, 5.74) is -3.50. The molecule has 1 saturated heterocycles. The first kappa shape index (κ1) is 15.4. The Morgan fingerprint density at radius 3 is 2.60 bits per heavy atom. The molecule has 0 aromatic heterocycles. The summed E-state index contributed by atoms with van der Waals surface area (Å²) in [6.45, 7) is 6.82. The molecule has 4 atom stereocenters. The SMILES string of the molecule is CCOC(=O)C1C2(C)C=CC(=O)C2(C)OP1(=O)OCC. The molecule has 1 fully saturated rings. The Hall–Kier alpha value is -0.970. The average molecular weight is 302 g/mol. The smallest absolute Gasteiger partial charge is 0.346 e. The van der Waals surface area contributed by atoms with Crippen LogP contribution in [0.2, 0.25) is 0 Å². The Morgan fingerprint density at radius 1 is 1.40 bits per heavy atom. The molecule has 7 heteroatoms. The van der Waals surface area contributed by atoms with Gasteiger partial charge in [0.15, 0.2) is 11.4 Å². The highest BCUT2D eigenvalue weighted by Crippen LogP contribution is 2.73. The highest BCUT2D eigenvalue weighted by atomic mass is 31.2. The van der Waals surface area contributed by atoms with E-state index in [9.17, 15) is 14.2 Å². The topological polar surface area (TPSA) is 78.9 Å². The van der Waals surface area contributed by atoms with E-state index in [2.05, 4.69) is 0 Å². The number of fused-ring (bicyclic) bond motifs is 1. The molecule has 6 nitrogen and oxygen atoms in total. The van der Waals surface area contributed by atoms with Gasteiger partial charge in [-0.3, -0.25) is 18.7 Å². The molecular formula is C13H19O6P. The van der Waals surface area contributed by atoms with Crippen molar-refractivity contribution < 1.29 is 27.9 Å². The number of ether oxygens (including phenoxy) is 1. The van der Waals surface area contributed by atoms with Gasteiger partial charge in [0.05, 0.1) is 13.2 Å². The van der Waals surface area contributed by atoms with Crippen LogP contribution in [0.25, 0.3) is 0 Å². The number of hydrogen-bond donors (Lipinski definition) is 0. The summed E-state index contributed by atoms with van der Waals surface area (Å²) >= 11 is 0. The van der Waals surface area contributed by atoms with Crippen molar-refractivity contribution in [3.8, 4) is 0 Å². The van der Waals surface area contributed by atoms with Crippen LogP contribution in [-0.2, 0) is 27.9 Å². The largest absolute Gasteiger partial charge is 0.465 e.